The standard InChI is InChI=1S/C14H15N5O2/c1-4-21-9-5-6-10-12(7-9)18(2)8-11(13(10)20)14-15-16-17-19(14)3/h5-8H,4H2,1-3H3. The first-order chi connectivity index (χ1) is 10.1. The van der Waals surface area contributed by atoms with E-state index in [0.717, 1.165) is 11.3 Å². The van der Waals surface area contributed by atoms with E-state index in [1.165, 1.54) is 4.68 Å². The molecule has 0 saturated carbocycles. The van der Waals surface area contributed by atoms with E-state index in [0.29, 0.717) is 23.4 Å². The van der Waals surface area contributed by atoms with E-state index in [2.05, 4.69) is 15.5 Å². The Morgan fingerprint density at radius 2 is 2.10 bits per heavy atom. The summed E-state index contributed by atoms with van der Waals surface area (Å²) in [5, 5.41) is 11.9. The molecule has 0 aliphatic heterocycles. The van der Waals surface area contributed by atoms with E-state index in [1.54, 1.807) is 25.4 Å². The highest BCUT2D eigenvalue weighted by Crippen LogP contribution is 2.21. The summed E-state index contributed by atoms with van der Waals surface area (Å²) in [5.74, 6) is 1.19. The van der Waals surface area contributed by atoms with Crippen LogP contribution in [0.1, 0.15) is 6.92 Å². The van der Waals surface area contributed by atoms with E-state index in [9.17, 15) is 4.79 Å². The molecule has 0 bridgehead atoms. The molecule has 0 aliphatic rings. The largest absolute Gasteiger partial charge is 0.494 e. The lowest BCUT2D eigenvalue weighted by molar-refractivity contribution is 0.340. The first kappa shape index (κ1) is 13.3. The number of fused-ring (bicyclic) bond motifs is 1. The van der Waals surface area contributed by atoms with Crippen molar-refractivity contribution in [1.29, 1.82) is 0 Å². The van der Waals surface area contributed by atoms with Crippen LogP contribution in [0.25, 0.3) is 22.3 Å². The molecule has 0 N–H and O–H groups in total. The van der Waals surface area contributed by atoms with Crippen molar-refractivity contribution in [2.75, 3.05) is 6.61 Å². The number of rotatable bonds is 3. The van der Waals surface area contributed by atoms with Crippen molar-refractivity contribution in [3.8, 4) is 17.1 Å². The minimum atomic E-state index is -0.0935. The van der Waals surface area contributed by atoms with Crippen LogP contribution in [0, 0.1) is 0 Å². The van der Waals surface area contributed by atoms with Crippen LogP contribution >= 0.6 is 0 Å². The van der Waals surface area contributed by atoms with Gasteiger partial charge in [0.15, 0.2) is 11.3 Å². The second kappa shape index (κ2) is 5.01. The van der Waals surface area contributed by atoms with Gasteiger partial charge >= 0.3 is 0 Å². The summed E-state index contributed by atoms with van der Waals surface area (Å²) in [6.07, 6.45) is 1.74. The predicted molar refractivity (Wildman–Crippen MR) is 78.2 cm³/mol. The van der Waals surface area contributed by atoms with Crippen molar-refractivity contribution in [3.63, 3.8) is 0 Å². The summed E-state index contributed by atoms with van der Waals surface area (Å²) in [7, 11) is 3.59. The summed E-state index contributed by atoms with van der Waals surface area (Å²) in [4.78, 5) is 12.6. The third-order valence-electron chi connectivity index (χ3n) is 3.33. The summed E-state index contributed by atoms with van der Waals surface area (Å²) >= 11 is 0. The van der Waals surface area contributed by atoms with Crippen molar-refractivity contribution >= 4 is 10.9 Å². The van der Waals surface area contributed by atoms with E-state index in [1.807, 2.05) is 24.6 Å². The molecule has 0 atom stereocenters. The lowest BCUT2D eigenvalue weighted by Gasteiger charge is -2.10. The van der Waals surface area contributed by atoms with Crippen molar-refractivity contribution < 1.29 is 4.74 Å². The second-order valence-electron chi connectivity index (χ2n) is 4.72. The Balaban J connectivity index is 2.27. The van der Waals surface area contributed by atoms with Gasteiger partial charge in [-0.15, -0.1) is 5.10 Å². The zero-order valence-electron chi connectivity index (χ0n) is 12.1. The number of nitrogens with zero attached hydrogens (tertiary/aromatic N) is 5. The Bertz CT molecular complexity index is 865. The number of pyridine rings is 1. The second-order valence-corrected chi connectivity index (χ2v) is 4.72. The van der Waals surface area contributed by atoms with Crippen LogP contribution < -0.4 is 10.2 Å². The SMILES string of the molecule is CCOc1ccc2c(=O)c(-c3nnnn3C)cn(C)c2c1. The fraction of sp³-hybridized carbons (Fsp3) is 0.286. The van der Waals surface area contributed by atoms with Gasteiger partial charge in [-0.25, -0.2) is 4.68 Å². The molecule has 0 spiro atoms. The van der Waals surface area contributed by atoms with Crippen LogP contribution in [-0.2, 0) is 14.1 Å². The Kier molecular flexibility index (Phi) is 3.17. The van der Waals surface area contributed by atoms with Gasteiger partial charge in [0.1, 0.15) is 5.75 Å². The lowest BCUT2D eigenvalue weighted by Crippen LogP contribution is -2.13. The smallest absolute Gasteiger partial charge is 0.200 e. The molecule has 3 rings (SSSR count). The van der Waals surface area contributed by atoms with E-state index >= 15 is 0 Å². The molecule has 0 aliphatic carbocycles. The summed E-state index contributed by atoms with van der Waals surface area (Å²) in [6.45, 7) is 2.51. The molecule has 2 aromatic heterocycles. The van der Waals surface area contributed by atoms with Crippen LogP contribution in [-0.4, -0.2) is 31.4 Å². The van der Waals surface area contributed by atoms with E-state index in [-0.39, 0.29) is 5.43 Å². The van der Waals surface area contributed by atoms with Crippen LogP contribution in [0.15, 0.2) is 29.2 Å². The maximum Gasteiger partial charge on any atom is 0.200 e. The molecule has 1 aromatic carbocycles. The van der Waals surface area contributed by atoms with Crippen molar-refractivity contribution in [1.82, 2.24) is 24.8 Å². The average Bonchev–Trinajstić information content (AvgIpc) is 2.89. The topological polar surface area (TPSA) is 74.8 Å². The Hall–Kier alpha value is -2.70. The third kappa shape index (κ3) is 2.16. The molecule has 7 nitrogen and oxygen atoms in total. The normalized spacial score (nSPS) is 11.0. The first-order valence-electron chi connectivity index (χ1n) is 6.60. The van der Waals surface area contributed by atoms with Gasteiger partial charge in [0.05, 0.1) is 17.7 Å². The maximum absolute atomic E-state index is 12.6. The average molecular weight is 285 g/mol. The van der Waals surface area contributed by atoms with Crippen LogP contribution in [0.5, 0.6) is 5.75 Å². The van der Waals surface area contributed by atoms with Gasteiger partial charge in [0.2, 0.25) is 0 Å². The predicted octanol–water partition coefficient (Wildman–Crippen LogP) is 1.13. The van der Waals surface area contributed by atoms with Crippen LogP contribution in [0.3, 0.4) is 0 Å². The highest BCUT2D eigenvalue weighted by molar-refractivity contribution is 5.84. The molecular formula is C14H15N5O2. The lowest BCUT2D eigenvalue weighted by atomic mass is 10.1. The minimum absolute atomic E-state index is 0.0935. The van der Waals surface area contributed by atoms with Gasteiger partial charge in [-0.2, -0.15) is 0 Å². The van der Waals surface area contributed by atoms with Crippen molar-refractivity contribution in [2.24, 2.45) is 14.1 Å². The van der Waals surface area contributed by atoms with Gasteiger partial charge < -0.3 is 9.30 Å². The highest BCUT2D eigenvalue weighted by Gasteiger charge is 2.14. The number of tetrazole rings is 1. The number of hydrogen-bond donors (Lipinski definition) is 0. The maximum atomic E-state index is 12.6. The molecule has 2 heterocycles. The van der Waals surface area contributed by atoms with Gasteiger partial charge in [0.25, 0.3) is 0 Å². The number of aromatic nitrogens is 5. The van der Waals surface area contributed by atoms with Gasteiger partial charge in [-0.1, -0.05) is 0 Å². The van der Waals surface area contributed by atoms with Crippen molar-refractivity contribution in [2.45, 2.75) is 6.92 Å². The Labute approximate surface area is 120 Å². The van der Waals surface area contributed by atoms with E-state index in [4.69, 9.17) is 4.74 Å². The summed E-state index contributed by atoms with van der Waals surface area (Å²) < 4.78 is 8.84. The van der Waals surface area contributed by atoms with Gasteiger partial charge in [-0.05, 0) is 29.5 Å². The first-order valence-corrected chi connectivity index (χ1v) is 6.60. The Morgan fingerprint density at radius 1 is 1.29 bits per heavy atom. The zero-order valence-corrected chi connectivity index (χ0v) is 12.1. The van der Waals surface area contributed by atoms with E-state index < -0.39 is 0 Å². The quantitative estimate of drug-likeness (QED) is 0.721. The molecule has 0 radical (unpaired) electrons. The zero-order chi connectivity index (χ0) is 15.0. The Morgan fingerprint density at radius 3 is 2.76 bits per heavy atom. The number of benzene rings is 1. The summed E-state index contributed by atoms with van der Waals surface area (Å²) in [5.41, 5.74) is 1.19. The monoisotopic (exact) mass is 285 g/mol. The third-order valence-corrected chi connectivity index (χ3v) is 3.33. The summed E-state index contributed by atoms with van der Waals surface area (Å²) in [6, 6.07) is 5.43. The van der Waals surface area contributed by atoms with Crippen LogP contribution in [0.4, 0.5) is 0 Å². The molecule has 3 aromatic rings. The fourth-order valence-corrected chi connectivity index (χ4v) is 2.34. The molecule has 0 amide bonds. The number of hydrogen-bond acceptors (Lipinski definition) is 5. The minimum Gasteiger partial charge on any atom is -0.494 e. The molecule has 0 saturated heterocycles. The van der Waals surface area contributed by atoms with Crippen LogP contribution in [0.2, 0.25) is 0 Å². The highest BCUT2D eigenvalue weighted by atomic mass is 16.5. The molecule has 21 heavy (non-hydrogen) atoms. The number of ether oxygens (including phenoxy) is 1. The molecule has 0 fully saturated rings. The molecule has 7 heteroatoms. The molecule has 108 valence electrons. The fourth-order valence-electron chi connectivity index (χ4n) is 2.34. The van der Waals surface area contributed by atoms with Crippen molar-refractivity contribution in [3.05, 3.63) is 34.6 Å². The van der Waals surface area contributed by atoms with Gasteiger partial charge in [-0.3, -0.25) is 4.79 Å². The number of aryl methyl sites for hydroxylation is 2. The molecule has 0 unspecified atom stereocenters. The molecular weight excluding hydrogens is 270 g/mol. The van der Waals surface area contributed by atoms with Gasteiger partial charge in [0, 0.05) is 31.7 Å².